The van der Waals surface area contributed by atoms with Crippen molar-refractivity contribution in [1.29, 1.82) is 0 Å². The first-order valence-electron chi connectivity index (χ1n) is 13.3. The van der Waals surface area contributed by atoms with Crippen molar-refractivity contribution < 1.29 is 40.3 Å². The topological polar surface area (TPSA) is 110 Å². The normalized spacial score (nSPS) is 14.9. The Bertz CT molecular complexity index is 1730. The molecule has 1 aliphatic carbocycles. The maximum Gasteiger partial charge on any atom is 0.389 e. The van der Waals surface area contributed by atoms with Crippen LogP contribution in [0.2, 0.25) is 0 Å². The number of rotatable bonds is 8. The van der Waals surface area contributed by atoms with Crippen LogP contribution < -0.4 is 16.4 Å². The van der Waals surface area contributed by atoms with Gasteiger partial charge < -0.3 is 20.8 Å². The summed E-state index contributed by atoms with van der Waals surface area (Å²) in [6.45, 7) is 1.55. The van der Waals surface area contributed by atoms with Gasteiger partial charge >= 0.3 is 6.18 Å². The number of carbonyl (C=O) groups is 2. The molecule has 2 aromatic heterocycles. The van der Waals surface area contributed by atoms with Gasteiger partial charge in [0.25, 0.3) is 11.8 Å². The number of carbonyl (C=O) groups excluding carboxylic acids is 2. The summed E-state index contributed by atoms with van der Waals surface area (Å²) in [6.07, 6.45) is -5.08. The minimum Gasteiger partial charge on any atom is -0.437 e. The van der Waals surface area contributed by atoms with Crippen molar-refractivity contribution in [2.24, 2.45) is 11.7 Å². The highest BCUT2D eigenvalue weighted by molar-refractivity contribution is 6.11. The van der Waals surface area contributed by atoms with E-state index in [9.17, 15) is 35.9 Å². The smallest absolute Gasteiger partial charge is 0.389 e. The Morgan fingerprint density at radius 1 is 1.02 bits per heavy atom. The molecule has 4 aromatic rings. The standard InChI is InChI=1S/C30H26F6N4O3/c1-29(37,16-5-6-16)40-26(41)20-11-15(12-21(32)24(20)33)18-13-19-23(27(42)38-2)25(14-3-7-17(31)8-4-14)43-28(19)39-22(18)9-10-30(34,35)36/h3-4,7-8,11-13,16H,5-6,9-10,37H2,1-2H3,(H,38,42)(H,40,41). The molecule has 5 rings (SSSR count). The molecule has 4 N–H and O–H groups in total. The first kappa shape index (κ1) is 30.1. The minimum atomic E-state index is -4.59. The molecule has 0 saturated heterocycles. The lowest BCUT2D eigenvalue weighted by atomic mass is 9.96. The van der Waals surface area contributed by atoms with Crippen molar-refractivity contribution in [3.63, 3.8) is 0 Å². The number of aromatic nitrogens is 1. The van der Waals surface area contributed by atoms with Gasteiger partial charge in [0.1, 0.15) is 11.6 Å². The molecule has 226 valence electrons. The Balaban J connectivity index is 1.71. The molecule has 2 amide bonds. The fraction of sp³-hybridized carbons (Fsp3) is 0.300. The molecule has 1 unspecified atom stereocenters. The van der Waals surface area contributed by atoms with Crippen LogP contribution in [0.1, 0.15) is 52.6 Å². The van der Waals surface area contributed by atoms with Crippen LogP contribution in [0, 0.1) is 23.4 Å². The van der Waals surface area contributed by atoms with Gasteiger partial charge in [-0.2, -0.15) is 13.2 Å². The number of fused-ring (bicyclic) bond motifs is 1. The number of aryl methyl sites for hydroxylation is 1. The summed E-state index contributed by atoms with van der Waals surface area (Å²) in [4.78, 5) is 30.2. The van der Waals surface area contributed by atoms with E-state index in [4.69, 9.17) is 10.2 Å². The van der Waals surface area contributed by atoms with E-state index < -0.39 is 59.5 Å². The molecular formula is C30H26F6N4O3. The van der Waals surface area contributed by atoms with Gasteiger partial charge in [-0.15, -0.1) is 0 Å². The van der Waals surface area contributed by atoms with Crippen LogP contribution in [-0.2, 0) is 6.42 Å². The van der Waals surface area contributed by atoms with Gasteiger partial charge in [0.15, 0.2) is 11.6 Å². The highest BCUT2D eigenvalue weighted by Gasteiger charge is 2.40. The number of nitrogens with two attached hydrogens (primary N) is 1. The van der Waals surface area contributed by atoms with Gasteiger partial charge in [0.2, 0.25) is 5.71 Å². The number of amides is 2. The maximum atomic E-state index is 14.9. The molecule has 0 radical (unpaired) electrons. The summed E-state index contributed by atoms with van der Waals surface area (Å²) >= 11 is 0. The van der Waals surface area contributed by atoms with Crippen molar-refractivity contribution in [3.05, 3.63) is 76.7 Å². The van der Waals surface area contributed by atoms with Crippen LogP contribution in [0.25, 0.3) is 33.6 Å². The number of hydrogen-bond acceptors (Lipinski definition) is 5. The molecule has 7 nitrogen and oxygen atoms in total. The van der Waals surface area contributed by atoms with E-state index in [1.165, 1.54) is 25.2 Å². The SMILES string of the molecule is CNC(=O)c1c(-c2ccc(F)cc2)oc2nc(CCC(F)(F)F)c(-c3cc(F)c(F)c(C(=O)NC(C)(N)C4CC4)c3)cc12. The van der Waals surface area contributed by atoms with E-state index in [1.54, 1.807) is 6.92 Å². The van der Waals surface area contributed by atoms with Gasteiger partial charge in [0, 0.05) is 24.6 Å². The van der Waals surface area contributed by atoms with Gasteiger partial charge in [-0.25, -0.2) is 18.2 Å². The van der Waals surface area contributed by atoms with E-state index in [0.717, 1.165) is 37.1 Å². The summed E-state index contributed by atoms with van der Waals surface area (Å²) in [5.74, 6) is -5.19. The van der Waals surface area contributed by atoms with Crippen molar-refractivity contribution in [2.75, 3.05) is 7.05 Å². The van der Waals surface area contributed by atoms with Crippen LogP contribution in [0.4, 0.5) is 26.3 Å². The Morgan fingerprint density at radius 2 is 1.70 bits per heavy atom. The lowest BCUT2D eigenvalue weighted by Crippen LogP contribution is -2.55. The largest absolute Gasteiger partial charge is 0.437 e. The fourth-order valence-electron chi connectivity index (χ4n) is 4.92. The monoisotopic (exact) mass is 604 g/mol. The highest BCUT2D eigenvalue weighted by atomic mass is 19.4. The molecule has 13 heteroatoms. The number of nitrogens with zero attached hydrogens (tertiary/aromatic N) is 1. The van der Waals surface area contributed by atoms with Gasteiger partial charge in [-0.05, 0) is 80.1 Å². The van der Waals surface area contributed by atoms with Gasteiger partial charge in [-0.1, -0.05) is 0 Å². The molecule has 1 atom stereocenters. The van der Waals surface area contributed by atoms with Gasteiger partial charge in [-0.3, -0.25) is 9.59 Å². The zero-order valence-corrected chi connectivity index (χ0v) is 23.0. The molecule has 0 spiro atoms. The highest BCUT2D eigenvalue weighted by Crippen LogP contribution is 2.39. The molecule has 2 heterocycles. The van der Waals surface area contributed by atoms with Crippen molar-refractivity contribution in [1.82, 2.24) is 15.6 Å². The van der Waals surface area contributed by atoms with E-state index >= 15 is 0 Å². The van der Waals surface area contributed by atoms with Crippen molar-refractivity contribution in [2.45, 2.75) is 44.4 Å². The predicted molar refractivity (Wildman–Crippen MR) is 145 cm³/mol. The van der Waals surface area contributed by atoms with Crippen LogP contribution in [0.5, 0.6) is 0 Å². The number of hydrogen-bond donors (Lipinski definition) is 3. The van der Waals surface area contributed by atoms with E-state index in [2.05, 4.69) is 15.6 Å². The zero-order chi connectivity index (χ0) is 31.3. The van der Waals surface area contributed by atoms with Gasteiger partial charge in [0.05, 0.1) is 27.9 Å². The molecule has 1 aliphatic rings. The quantitative estimate of drug-likeness (QED) is 0.163. The second kappa shape index (κ2) is 11.0. The number of benzene rings is 2. The van der Waals surface area contributed by atoms with Crippen molar-refractivity contribution >= 4 is 22.9 Å². The third-order valence-electron chi connectivity index (χ3n) is 7.36. The molecule has 43 heavy (non-hydrogen) atoms. The third kappa shape index (κ3) is 6.21. The molecule has 1 saturated carbocycles. The summed E-state index contributed by atoms with van der Waals surface area (Å²) in [7, 11) is 1.34. The molecule has 0 aliphatic heterocycles. The number of nitrogens with one attached hydrogen (secondary N) is 2. The van der Waals surface area contributed by atoms with E-state index in [1.807, 2.05) is 0 Å². The number of halogens is 6. The molecular weight excluding hydrogens is 578 g/mol. The number of pyridine rings is 1. The maximum absolute atomic E-state index is 14.9. The second-order valence-corrected chi connectivity index (χ2v) is 10.7. The van der Waals surface area contributed by atoms with Crippen LogP contribution in [0.3, 0.4) is 0 Å². The molecule has 2 aromatic carbocycles. The Hall–Kier alpha value is -4.39. The summed E-state index contributed by atoms with van der Waals surface area (Å²) in [5, 5.41) is 5.00. The lowest BCUT2D eigenvalue weighted by molar-refractivity contribution is -0.134. The summed E-state index contributed by atoms with van der Waals surface area (Å²) < 4.78 is 89.0. The first-order valence-corrected chi connectivity index (χ1v) is 13.3. The van der Waals surface area contributed by atoms with E-state index in [-0.39, 0.29) is 50.7 Å². The van der Waals surface area contributed by atoms with Crippen LogP contribution in [-0.4, -0.2) is 35.7 Å². The average molecular weight is 605 g/mol. The Morgan fingerprint density at radius 3 is 2.30 bits per heavy atom. The number of furan rings is 1. The van der Waals surface area contributed by atoms with Crippen molar-refractivity contribution in [3.8, 4) is 22.5 Å². The Kier molecular flexibility index (Phi) is 7.71. The van der Waals surface area contributed by atoms with E-state index in [0.29, 0.717) is 0 Å². The molecule has 0 bridgehead atoms. The first-order chi connectivity index (χ1) is 20.2. The summed E-state index contributed by atoms with van der Waals surface area (Å²) in [5.41, 5.74) is 3.81. The van der Waals surface area contributed by atoms with Crippen LogP contribution >= 0.6 is 0 Å². The average Bonchev–Trinajstić information content (AvgIpc) is 3.74. The summed E-state index contributed by atoms with van der Waals surface area (Å²) in [6, 6.07) is 7.96. The third-order valence-corrected chi connectivity index (χ3v) is 7.36. The minimum absolute atomic E-state index is 0.0339. The zero-order valence-electron chi connectivity index (χ0n) is 23.0. The number of alkyl halides is 3. The second-order valence-electron chi connectivity index (χ2n) is 10.7. The molecule has 1 fully saturated rings. The van der Waals surface area contributed by atoms with Crippen LogP contribution in [0.15, 0.2) is 46.9 Å². The predicted octanol–water partition coefficient (Wildman–Crippen LogP) is 6.25. The lowest BCUT2D eigenvalue weighted by Gasteiger charge is -2.26. The Labute approximate surface area is 241 Å². The fourth-order valence-corrected chi connectivity index (χ4v) is 4.92.